The van der Waals surface area contributed by atoms with E-state index in [0.717, 1.165) is 5.75 Å². The van der Waals surface area contributed by atoms with Gasteiger partial charge in [0.1, 0.15) is 5.75 Å². The van der Waals surface area contributed by atoms with E-state index in [0.29, 0.717) is 25.5 Å². The molecule has 0 spiro atoms. The first-order chi connectivity index (χ1) is 8.67. The molecule has 4 heteroatoms. The zero-order valence-corrected chi connectivity index (χ0v) is 11.2. The standard InChI is InChI=1S/C14H21NO3/c1-11(15-2)12-6-4-7-13(10-12)18-9-5-8-14(16)17-3/h4,6-7,10-11,15H,5,8-9H2,1-3H3. The Morgan fingerprint density at radius 3 is 2.89 bits per heavy atom. The number of carbonyl (C=O) groups is 1. The van der Waals surface area contributed by atoms with Crippen LogP contribution in [0, 0.1) is 0 Å². The monoisotopic (exact) mass is 251 g/mol. The van der Waals surface area contributed by atoms with Gasteiger partial charge in [0.25, 0.3) is 0 Å². The largest absolute Gasteiger partial charge is 0.494 e. The summed E-state index contributed by atoms with van der Waals surface area (Å²) in [6, 6.07) is 8.26. The van der Waals surface area contributed by atoms with Crippen molar-refractivity contribution in [2.75, 3.05) is 20.8 Å². The smallest absolute Gasteiger partial charge is 0.305 e. The maximum atomic E-state index is 10.9. The van der Waals surface area contributed by atoms with Gasteiger partial charge in [-0.15, -0.1) is 0 Å². The molecule has 4 nitrogen and oxygen atoms in total. The van der Waals surface area contributed by atoms with E-state index in [4.69, 9.17) is 4.74 Å². The molecule has 0 radical (unpaired) electrons. The number of methoxy groups -OCH3 is 1. The summed E-state index contributed by atoms with van der Waals surface area (Å²) in [4.78, 5) is 10.9. The van der Waals surface area contributed by atoms with Crippen LogP contribution in [0.3, 0.4) is 0 Å². The number of ether oxygens (including phenoxy) is 2. The van der Waals surface area contributed by atoms with Gasteiger partial charge in [0, 0.05) is 12.5 Å². The van der Waals surface area contributed by atoms with E-state index in [1.165, 1.54) is 12.7 Å². The van der Waals surface area contributed by atoms with Crippen LogP contribution in [-0.2, 0) is 9.53 Å². The number of nitrogens with one attached hydrogen (secondary N) is 1. The normalized spacial score (nSPS) is 11.9. The number of esters is 1. The first kappa shape index (κ1) is 14.5. The molecule has 1 aromatic carbocycles. The van der Waals surface area contributed by atoms with Gasteiger partial charge in [0.15, 0.2) is 0 Å². The summed E-state index contributed by atoms with van der Waals surface area (Å²) in [6.07, 6.45) is 1.06. The third-order valence-corrected chi connectivity index (χ3v) is 2.81. The maximum Gasteiger partial charge on any atom is 0.305 e. The van der Waals surface area contributed by atoms with E-state index < -0.39 is 0 Å². The van der Waals surface area contributed by atoms with Crippen molar-refractivity contribution < 1.29 is 14.3 Å². The Kier molecular flexibility index (Phi) is 6.22. The molecule has 0 aliphatic carbocycles. The maximum absolute atomic E-state index is 10.9. The fourth-order valence-corrected chi connectivity index (χ4v) is 1.55. The van der Waals surface area contributed by atoms with Gasteiger partial charge in [-0.1, -0.05) is 12.1 Å². The predicted molar refractivity (Wildman–Crippen MR) is 70.7 cm³/mol. The average molecular weight is 251 g/mol. The Morgan fingerprint density at radius 2 is 2.22 bits per heavy atom. The molecule has 0 fully saturated rings. The molecular weight excluding hydrogens is 230 g/mol. The van der Waals surface area contributed by atoms with Crippen LogP contribution in [0.1, 0.15) is 31.4 Å². The zero-order valence-electron chi connectivity index (χ0n) is 11.2. The van der Waals surface area contributed by atoms with Gasteiger partial charge in [-0.05, 0) is 38.1 Å². The SMILES string of the molecule is CNC(C)c1cccc(OCCCC(=O)OC)c1. The molecule has 0 aliphatic heterocycles. The van der Waals surface area contributed by atoms with E-state index in [-0.39, 0.29) is 5.97 Å². The Balaban J connectivity index is 2.40. The molecule has 0 amide bonds. The second-order valence-corrected chi connectivity index (χ2v) is 4.11. The minimum Gasteiger partial charge on any atom is -0.494 e. The summed E-state index contributed by atoms with van der Waals surface area (Å²) in [5.41, 5.74) is 1.18. The van der Waals surface area contributed by atoms with Crippen molar-refractivity contribution in [1.29, 1.82) is 0 Å². The van der Waals surface area contributed by atoms with Gasteiger partial charge in [-0.25, -0.2) is 0 Å². The second kappa shape index (κ2) is 7.71. The van der Waals surface area contributed by atoms with E-state index in [9.17, 15) is 4.79 Å². The summed E-state index contributed by atoms with van der Waals surface area (Å²) in [6.45, 7) is 2.61. The van der Waals surface area contributed by atoms with Crippen LogP contribution in [0.15, 0.2) is 24.3 Å². The lowest BCUT2D eigenvalue weighted by Gasteiger charge is -2.12. The summed E-state index contributed by atoms with van der Waals surface area (Å²) < 4.78 is 10.2. The summed E-state index contributed by atoms with van der Waals surface area (Å²) in [5.74, 6) is 0.635. The van der Waals surface area contributed by atoms with Crippen molar-refractivity contribution >= 4 is 5.97 Å². The number of hydrogen-bond acceptors (Lipinski definition) is 4. The van der Waals surface area contributed by atoms with Crippen LogP contribution >= 0.6 is 0 Å². The van der Waals surface area contributed by atoms with Crippen molar-refractivity contribution in [3.8, 4) is 5.75 Å². The Labute approximate surface area is 108 Å². The molecule has 1 N–H and O–H groups in total. The highest BCUT2D eigenvalue weighted by atomic mass is 16.5. The summed E-state index contributed by atoms with van der Waals surface area (Å²) >= 11 is 0. The predicted octanol–water partition coefficient (Wildman–Crippen LogP) is 2.30. The van der Waals surface area contributed by atoms with Crippen molar-refractivity contribution in [3.05, 3.63) is 29.8 Å². The highest BCUT2D eigenvalue weighted by molar-refractivity contribution is 5.69. The number of hydrogen-bond donors (Lipinski definition) is 1. The minimum atomic E-state index is -0.198. The van der Waals surface area contributed by atoms with Crippen molar-refractivity contribution in [2.24, 2.45) is 0 Å². The first-order valence-corrected chi connectivity index (χ1v) is 6.14. The fourth-order valence-electron chi connectivity index (χ4n) is 1.55. The van der Waals surface area contributed by atoms with Crippen LogP contribution in [0.25, 0.3) is 0 Å². The molecule has 0 saturated carbocycles. The molecule has 0 aromatic heterocycles. The van der Waals surface area contributed by atoms with Gasteiger partial charge in [0.05, 0.1) is 13.7 Å². The average Bonchev–Trinajstić information content (AvgIpc) is 2.42. The van der Waals surface area contributed by atoms with Gasteiger partial charge in [0.2, 0.25) is 0 Å². The highest BCUT2D eigenvalue weighted by Gasteiger charge is 2.04. The van der Waals surface area contributed by atoms with Crippen LogP contribution in [0.5, 0.6) is 5.75 Å². The lowest BCUT2D eigenvalue weighted by molar-refractivity contribution is -0.140. The van der Waals surface area contributed by atoms with Crippen LogP contribution in [-0.4, -0.2) is 26.7 Å². The van der Waals surface area contributed by atoms with Gasteiger partial charge >= 0.3 is 5.97 Å². The van der Waals surface area contributed by atoms with Crippen molar-refractivity contribution in [1.82, 2.24) is 5.32 Å². The van der Waals surface area contributed by atoms with Crippen LogP contribution < -0.4 is 10.1 Å². The topological polar surface area (TPSA) is 47.6 Å². The lowest BCUT2D eigenvalue weighted by Crippen LogP contribution is -2.12. The third kappa shape index (κ3) is 4.75. The third-order valence-electron chi connectivity index (χ3n) is 2.81. The Hall–Kier alpha value is -1.55. The molecule has 0 bridgehead atoms. The van der Waals surface area contributed by atoms with Gasteiger partial charge in [-0.3, -0.25) is 4.79 Å². The number of benzene rings is 1. The molecule has 100 valence electrons. The van der Waals surface area contributed by atoms with Crippen LogP contribution in [0.2, 0.25) is 0 Å². The molecule has 1 atom stereocenters. The summed E-state index contributed by atoms with van der Waals surface area (Å²) in [7, 11) is 3.32. The van der Waals surface area contributed by atoms with E-state index in [1.807, 2.05) is 25.2 Å². The molecule has 1 unspecified atom stereocenters. The van der Waals surface area contributed by atoms with E-state index >= 15 is 0 Å². The van der Waals surface area contributed by atoms with E-state index in [1.54, 1.807) is 0 Å². The highest BCUT2D eigenvalue weighted by Crippen LogP contribution is 2.18. The Bertz CT molecular complexity index is 379. The number of rotatable bonds is 7. The van der Waals surface area contributed by atoms with Gasteiger partial charge in [-0.2, -0.15) is 0 Å². The molecule has 0 heterocycles. The van der Waals surface area contributed by atoms with Gasteiger partial charge < -0.3 is 14.8 Å². The molecule has 0 aliphatic rings. The fraction of sp³-hybridized carbons (Fsp3) is 0.500. The molecule has 1 rings (SSSR count). The quantitative estimate of drug-likeness (QED) is 0.596. The molecule has 1 aromatic rings. The molecular formula is C14H21NO3. The van der Waals surface area contributed by atoms with Crippen molar-refractivity contribution in [2.45, 2.75) is 25.8 Å². The summed E-state index contributed by atoms with van der Waals surface area (Å²) in [5, 5.41) is 3.18. The first-order valence-electron chi connectivity index (χ1n) is 6.14. The van der Waals surface area contributed by atoms with Crippen molar-refractivity contribution in [3.63, 3.8) is 0 Å². The molecule has 0 saturated heterocycles. The second-order valence-electron chi connectivity index (χ2n) is 4.11. The van der Waals surface area contributed by atoms with Crippen LogP contribution in [0.4, 0.5) is 0 Å². The lowest BCUT2D eigenvalue weighted by atomic mass is 10.1. The molecule has 18 heavy (non-hydrogen) atoms. The zero-order chi connectivity index (χ0) is 13.4. The Morgan fingerprint density at radius 1 is 1.44 bits per heavy atom. The number of carbonyl (C=O) groups excluding carboxylic acids is 1. The van der Waals surface area contributed by atoms with E-state index in [2.05, 4.69) is 23.0 Å². The minimum absolute atomic E-state index is 0.198.